The number of amides is 1. The maximum Gasteiger partial charge on any atom is 0.414 e. The Balaban J connectivity index is 1.65. The fraction of sp³-hybridized carbons (Fsp3) is 0.464. The van der Waals surface area contributed by atoms with Crippen LogP contribution < -0.4 is 4.90 Å². The number of carboxylic acids is 1. The zero-order valence-corrected chi connectivity index (χ0v) is 20.8. The molecule has 0 radical (unpaired) electrons. The summed E-state index contributed by atoms with van der Waals surface area (Å²) < 4.78 is 7.27. The number of nitrogens with zero attached hydrogens (tertiary/aromatic N) is 3. The van der Waals surface area contributed by atoms with Crippen LogP contribution in [0.15, 0.2) is 42.5 Å². The number of fused-ring (bicyclic) bond motifs is 3. The van der Waals surface area contributed by atoms with Crippen molar-refractivity contribution in [1.82, 2.24) is 9.55 Å². The van der Waals surface area contributed by atoms with Crippen molar-refractivity contribution in [2.45, 2.75) is 76.0 Å². The van der Waals surface area contributed by atoms with Crippen molar-refractivity contribution in [2.24, 2.45) is 0 Å². The summed E-state index contributed by atoms with van der Waals surface area (Å²) in [6.07, 6.45) is 4.20. The van der Waals surface area contributed by atoms with Crippen molar-refractivity contribution in [3.05, 3.63) is 59.4 Å². The summed E-state index contributed by atoms with van der Waals surface area (Å²) in [6, 6.07) is 13.4. The van der Waals surface area contributed by atoms with Crippen LogP contribution in [-0.4, -0.2) is 51.1 Å². The van der Waals surface area contributed by atoms with Crippen molar-refractivity contribution in [2.75, 3.05) is 12.0 Å². The molecule has 2 aliphatic rings. The first-order chi connectivity index (χ1) is 17.4. The second-order valence-corrected chi connectivity index (χ2v) is 10.0. The van der Waals surface area contributed by atoms with E-state index in [2.05, 4.69) is 4.57 Å². The number of carbonyl (C=O) groups excluding carboxylic acids is 1. The lowest BCUT2D eigenvalue weighted by Crippen LogP contribution is -2.42. The molecule has 1 saturated carbocycles. The second kappa shape index (κ2) is 9.93. The van der Waals surface area contributed by atoms with Gasteiger partial charge in [-0.05, 0) is 63.1 Å². The highest BCUT2D eigenvalue weighted by atomic mass is 16.5. The first-order valence-corrected chi connectivity index (χ1v) is 12.7. The van der Waals surface area contributed by atoms with E-state index >= 15 is 0 Å². The van der Waals surface area contributed by atoms with Crippen LogP contribution in [0.25, 0.3) is 11.0 Å². The summed E-state index contributed by atoms with van der Waals surface area (Å²) in [4.78, 5) is 31.7. The van der Waals surface area contributed by atoms with Gasteiger partial charge in [0, 0.05) is 24.1 Å². The lowest BCUT2D eigenvalue weighted by Gasteiger charge is -2.34. The zero-order valence-electron chi connectivity index (χ0n) is 20.8. The molecule has 1 aliphatic carbocycles. The molecule has 36 heavy (non-hydrogen) atoms. The third kappa shape index (κ3) is 4.34. The summed E-state index contributed by atoms with van der Waals surface area (Å²) in [7, 11) is 1.39. The number of rotatable bonds is 5. The molecule has 0 spiro atoms. The molecule has 1 amide bonds. The van der Waals surface area contributed by atoms with Gasteiger partial charge in [-0.2, -0.15) is 0 Å². The van der Waals surface area contributed by atoms with Gasteiger partial charge in [0.15, 0.2) is 0 Å². The van der Waals surface area contributed by atoms with Crippen LogP contribution in [0.3, 0.4) is 0 Å². The summed E-state index contributed by atoms with van der Waals surface area (Å²) in [6.45, 7) is 2.01. The lowest BCUT2D eigenvalue weighted by molar-refractivity contribution is -0.138. The van der Waals surface area contributed by atoms with Gasteiger partial charge in [0.25, 0.3) is 0 Å². The molecule has 1 unspecified atom stereocenters. The first-order valence-electron chi connectivity index (χ1n) is 12.7. The Kier molecular flexibility index (Phi) is 6.71. The predicted molar refractivity (Wildman–Crippen MR) is 136 cm³/mol. The molecule has 0 bridgehead atoms. The van der Waals surface area contributed by atoms with Gasteiger partial charge in [0.2, 0.25) is 0 Å². The second-order valence-electron chi connectivity index (χ2n) is 10.0. The Morgan fingerprint density at radius 1 is 1.08 bits per heavy atom. The van der Waals surface area contributed by atoms with E-state index in [0.717, 1.165) is 59.4 Å². The van der Waals surface area contributed by atoms with E-state index in [0.29, 0.717) is 12.8 Å². The molecule has 2 aromatic carbocycles. The van der Waals surface area contributed by atoms with E-state index in [4.69, 9.17) is 9.72 Å². The molecule has 1 aromatic heterocycles. The summed E-state index contributed by atoms with van der Waals surface area (Å²) in [5.74, 6) is -0.871. The number of aliphatic hydroxyl groups excluding tert-OH is 1. The molecule has 1 aliphatic heterocycles. The summed E-state index contributed by atoms with van der Waals surface area (Å²) in [5.41, 5.74) is 4.34. The highest BCUT2D eigenvalue weighted by molar-refractivity contribution is 5.95. The minimum absolute atomic E-state index is 0.0123. The molecule has 0 saturated heterocycles. The molecule has 8 heteroatoms. The van der Waals surface area contributed by atoms with Crippen LogP contribution >= 0.6 is 0 Å². The average molecular weight is 492 g/mol. The first kappa shape index (κ1) is 24.3. The number of aliphatic carboxylic acids is 1. The smallest absolute Gasteiger partial charge is 0.414 e. The number of imidazole rings is 1. The van der Waals surface area contributed by atoms with Crippen molar-refractivity contribution in [3.63, 3.8) is 0 Å². The third-order valence-corrected chi connectivity index (χ3v) is 7.82. The Bertz CT molecular complexity index is 1260. The van der Waals surface area contributed by atoms with Crippen LogP contribution in [0.5, 0.6) is 0 Å². The number of aryl methyl sites for hydroxylation is 1. The average Bonchev–Trinajstić information content (AvgIpc) is 3.26. The molecule has 5 rings (SSSR count). The maximum atomic E-state index is 12.6. The standard InChI is InChI=1S/C28H33N3O5/c1-17-8-13-21-23(30(17)28(35)36-2)14-15-24-26(21)29-25(31(24)19-9-11-20(32)12-10-19)16-22(27(33)34)18-6-4-3-5-7-18/h3-7,14-15,17,19-20,22,32H,8-13,16H2,1-2H3,(H,33,34)/t17-,19?,20?,22?/m0/s1. The van der Waals surface area contributed by atoms with Crippen LogP contribution in [0.4, 0.5) is 10.5 Å². The number of anilines is 1. The zero-order chi connectivity index (χ0) is 25.4. The van der Waals surface area contributed by atoms with Crippen LogP contribution in [-0.2, 0) is 22.4 Å². The predicted octanol–water partition coefficient (Wildman–Crippen LogP) is 4.83. The van der Waals surface area contributed by atoms with E-state index in [1.54, 1.807) is 4.90 Å². The van der Waals surface area contributed by atoms with Gasteiger partial charge < -0.3 is 19.5 Å². The quantitative estimate of drug-likeness (QED) is 0.530. The van der Waals surface area contributed by atoms with Gasteiger partial charge in [0.05, 0.1) is 35.9 Å². The summed E-state index contributed by atoms with van der Waals surface area (Å²) >= 11 is 0. The molecule has 2 atom stereocenters. The van der Waals surface area contributed by atoms with Gasteiger partial charge >= 0.3 is 12.1 Å². The molecule has 2 heterocycles. The number of hydrogen-bond acceptors (Lipinski definition) is 5. The van der Waals surface area contributed by atoms with Crippen molar-refractivity contribution in [3.8, 4) is 0 Å². The molecule has 190 valence electrons. The molecule has 8 nitrogen and oxygen atoms in total. The monoisotopic (exact) mass is 491 g/mol. The Morgan fingerprint density at radius 3 is 2.47 bits per heavy atom. The Labute approximate surface area is 210 Å². The molecule has 1 fully saturated rings. The SMILES string of the molecule is COC(=O)N1c2ccc3c(nc(CC(C(=O)O)c4ccccc4)n3C3CCC(O)CC3)c2CC[C@@H]1C. The number of methoxy groups -OCH3 is 1. The van der Waals surface area contributed by atoms with Crippen LogP contribution in [0.1, 0.15) is 67.9 Å². The van der Waals surface area contributed by atoms with Gasteiger partial charge in [-0.15, -0.1) is 0 Å². The number of carbonyl (C=O) groups is 2. The largest absolute Gasteiger partial charge is 0.481 e. The molecule has 3 aromatic rings. The van der Waals surface area contributed by atoms with Gasteiger partial charge in [0.1, 0.15) is 5.82 Å². The lowest BCUT2D eigenvalue weighted by atomic mass is 9.91. The topological polar surface area (TPSA) is 105 Å². The number of ether oxygens (including phenoxy) is 1. The highest BCUT2D eigenvalue weighted by Gasteiger charge is 2.34. The van der Waals surface area contributed by atoms with Crippen LogP contribution in [0, 0.1) is 0 Å². The number of carboxylic acid groups (broad SMARTS) is 1. The fourth-order valence-corrected chi connectivity index (χ4v) is 5.91. The number of aromatic nitrogens is 2. The minimum atomic E-state index is -0.883. The molecule has 2 N–H and O–H groups in total. The van der Waals surface area contributed by atoms with Gasteiger partial charge in [-0.25, -0.2) is 9.78 Å². The Hall–Kier alpha value is -3.39. The normalized spacial score (nSPS) is 22.8. The number of hydrogen-bond donors (Lipinski definition) is 2. The number of benzene rings is 2. The van der Waals surface area contributed by atoms with E-state index in [9.17, 15) is 19.8 Å². The van der Waals surface area contributed by atoms with Crippen molar-refractivity contribution >= 4 is 28.8 Å². The Morgan fingerprint density at radius 2 is 1.81 bits per heavy atom. The maximum absolute atomic E-state index is 12.6. The van der Waals surface area contributed by atoms with E-state index in [1.165, 1.54) is 7.11 Å². The van der Waals surface area contributed by atoms with E-state index in [1.807, 2.05) is 49.4 Å². The van der Waals surface area contributed by atoms with Crippen LogP contribution in [0.2, 0.25) is 0 Å². The fourth-order valence-electron chi connectivity index (χ4n) is 5.91. The van der Waals surface area contributed by atoms with E-state index in [-0.39, 0.29) is 24.6 Å². The van der Waals surface area contributed by atoms with Gasteiger partial charge in [-0.1, -0.05) is 30.3 Å². The summed E-state index contributed by atoms with van der Waals surface area (Å²) in [5, 5.41) is 20.2. The van der Waals surface area contributed by atoms with Crippen molar-refractivity contribution in [1.29, 1.82) is 0 Å². The van der Waals surface area contributed by atoms with Gasteiger partial charge in [-0.3, -0.25) is 9.69 Å². The highest BCUT2D eigenvalue weighted by Crippen LogP contribution is 2.40. The van der Waals surface area contributed by atoms with Crippen molar-refractivity contribution < 1.29 is 24.5 Å². The van der Waals surface area contributed by atoms with E-state index < -0.39 is 18.0 Å². The molecular formula is C28H33N3O5. The third-order valence-electron chi connectivity index (χ3n) is 7.82. The minimum Gasteiger partial charge on any atom is -0.481 e. The molecular weight excluding hydrogens is 458 g/mol. The number of aliphatic hydroxyl groups is 1.